The minimum Gasteiger partial charge on any atom is -0.480 e. The van der Waals surface area contributed by atoms with Crippen molar-refractivity contribution in [2.24, 2.45) is 5.73 Å². The van der Waals surface area contributed by atoms with Gasteiger partial charge < -0.3 is 15.7 Å². The standard InChI is InChI=1S/C4H9N3O2.Mg.2H/c1-7(4(5)6)2-3(8)9;;;/h2H2,1H3,(H3,5,6)(H,8,9);;;. The van der Waals surface area contributed by atoms with E-state index in [2.05, 4.69) is 0 Å². The van der Waals surface area contributed by atoms with Crippen molar-refractivity contribution in [2.45, 2.75) is 0 Å². The van der Waals surface area contributed by atoms with Gasteiger partial charge in [0.15, 0.2) is 5.96 Å². The van der Waals surface area contributed by atoms with Crippen molar-refractivity contribution in [3.05, 3.63) is 0 Å². The van der Waals surface area contributed by atoms with Gasteiger partial charge in [-0.15, -0.1) is 0 Å². The summed E-state index contributed by atoms with van der Waals surface area (Å²) in [5.41, 5.74) is 4.93. The highest BCUT2D eigenvalue weighted by molar-refractivity contribution is 5.79. The fourth-order valence-electron chi connectivity index (χ4n) is 0.288. The lowest BCUT2D eigenvalue weighted by Gasteiger charge is -2.12. The van der Waals surface area contributed by atoms with Crippen LogP contribution in [0.5, 0.6) is 0 Å². The molecule has 0 radical (unpaired) electrons. The maximum atomic E-state index is 9.92. The molecule has 56 valence electrons. The van der Waals surface area contributed by atoms with Gasteiger partial charge in [0.1, 0.15) is 6.54 Å². The van der Waals surface area contributed by atoms with Gasteiger partial charge in [-0.2, -0.15) is 0 Å². The van der Waals surface area contributed by atoms with Crippen LogP contribution in [0.3, 0.4) is 0 Å². The maximum absolute atomic E-state index is 9.92. The number of carboxylic acid groups (broad SMARTS) is 1. The maximum Gasteiger partial charge on any atom is 0.323 e. The molecule has 0 unspecified atom stereocenters. The molecule has 5 nitrogen and oxygen atoms in total. The number of nitrogens with zero attached hydrogens (tertiary/aromatic N) is 1. The van der Waals surface area contributed by atoms with Crippen LogP contribution in [-0.2, 0) is 4.79 Å². The Labute approximate surface area is 74.8 Å². The largest absolute Gasteiger partial charge is 0.480 e. The molecule has 0 rings (SSSR count). The molecule has 0 saturated heterocycles. The molecule has 0 aromatic heterocycles. The van der Waals surface area contributed by atoms with Gasteiger partial charge in [-0.1, -0.05) is 0 Å². The van der Waals surface area contributed by atoms with E-state index in [9.17, 15) is 4.79 Å². The highest BCUT2D eigenvalue weighted by Crippen LogP contribution is 1.76. The highest BCUT2D eigenvalue weighted by Gasteiger charge is 2.03. The molecular formula is C4H11MgN3O2. The predicted octanol–water partition coefficient (Wildman–Crippen LogP) is -2.02. The molecule has 0 fully saturated rings. The molecule has 0 aliphatic rings. The molecule has 0 aromatic carbocycles. The van der Waals surface area contributed by atoms with E-state index in [0.29, 0.717) is 0 Å². The first kappa shape index (κ1) is 12.2. The molecular weight excluding hydrogens is 146 g/mol. The third-order valence-corrected chi connectivity index (χ3v) is 0.784. The van der Waals surface area contributed by atoms with E-state index in [0.717, 1.165) is 4.90 Å². The Morgan fingerprint density at radius 3 is 2.30 bits per heavy atom. The van der Waals surface area contributed by atoms with E-state index in [-0.39, 0.29) is 35.6 Å². The Kier molecular flexibility index (Phi) is 6.47. The average Bonchev–Trinajstić information content (AvgIpc) is 1.63. The lowest BCUT2D eigenvalue weighted by molar-refractivity contribution is -0.137. The summed E-state index contributed by atoms with van der Waals surface area (Å²) in [6.45, 7) is -0.227. The van der Waals surface area contributed by atoms with Crippen LogP contribution >= 0.6 is 0 Å². The Morgan fingerprint density at radius 2 is 2.20 bits per heavy atom. The Morgan fingerprint density at radius 1 is 1.80 bits per heavy atom. The number of guanidine groups is 1. The summed E-state index contributed by atoms with van der Waals surface area (Å²) in [7, 11) is 1.44. The van der Waals surface area contributed by atoms with Crippen LogP contribution in [0.4, 0.5) is 0 Å². The molecule has 10 heavy (non-hydrogen) atoms. The number of nitrogens with one attached hydrogen (secondary N) is 1. The highest BCUT2D eigenvalue weighted by atomic mass is 24.3. The monoisotopic (exact) mass is 157 g/mol. The Hall–Kier alpha value is -0.494. The van der Waals surface area contributed by atoms with Crippen LogP contribution in [0.2, 0.25) is 0 Å². The number of nitrogens with two attached hydrogens (primary N) is 1. The summed E-state index contributed by atoms with van der Waals surface area (Å²) < 4.78 is 0. The summed E-state index contributed by atoms with van der Waals surface area (Å²) >= 11 is 0. The van der Waals surface area contributed by atoms with E-state index < -0.39 is 5.97 Å². The van der Waals surface area contributed by atoms with Gasteiger partial charge in [0, 0.05) is 7.05 Å². The molecule has 6 heteroatoms. The summed E-state index contributed by atoms with van der Waals surface area (Å²) in [6.07, 6.45) is 0. The van der Waals surface area contributed by atoms with E-state index in [1.807, 2.05) is 0 Å². The van der Waals surface area contributed by atoms with Crippen LogP contribution in [0.25, 0.3) is 0 Å². The van der Waals surface area contributed by atoms with Crippen molar-refractivity contribution in [3.63, 3.8) is 0 Å². The number of hydrogen-bond acceptors (Lipinski definition) is 2. The smallest absolute Gasteiger partial charge is 0.323 e. The Balaban J connectivity index is 0. The first-order chi connectivity index (χ1) is 4.04. The third kappa shape index (κ3) is 5.64. The van der Waals surface area contributed by atoms with Crippen LogP contribution in [0.15, 0.2) is 0 Å². The molecule has 0 amide bonds. The summed E-state index contributed by atoms with van der Waals surface area (Å²) in [4.78, 5) is 11.0. The predicted molar refractivity (Wildman–Crippen MR) is 40.7 cm³/mol. The van der Waals surface area contributed by atoms with Gasteiger partial charge in [-0.3, -0.25) is 10.2 Å². The molecule has 0 aromatic rings. The van der Waals surface area contributed by atoms with Gasteiger partial charge in [-0.25, -0.2) is 0 Å². The van der Waals surface area contributed by atoms with Crippen LogP contribution in [0, 0.1) is 5.41 Å². The minimum absolute atomic E-state index is 0. The van der Waals surface area contributed by atoms with Crippen molar-refractivity contribution in [2.75, 3.05) is 13.6 Å². The lowest BCUT2D eigenvalue weighted by Crippen LogP contribution is -2.36. The minimum atomic E-state index is -0.993. The van der Waals surface area contributed by atoms with Crippen molar-refractivity contribution in [1.82, 2.24) is 4.90 Å². The second-order valence-corrected chi connectivity index (χ2v) is 1.64. The molecule has 0 aliphatic heterocycles. The number of rotatable bonds is 2. The van der Waals surface area contributed by atoms with Gasteiger partial charge in [0.2, 0.25) is 0 Å². The molecule has 0 aliphatic carbocycles. The quantitative estimate of drug-likeness (QED) is 0.245. The first-order valence-corrected chi connectivity index (χ1v) is 2.31. The van der Waals surface area contributed by atoms with Crippen molar-refractivity contribution >= 4 is 35.0 Å². The zero-order valence-corrected chi connectivity index (χ0v) is 5.09. The van der Waals surface area contributed by atoms with Gasteiger partial charge in [-0.05, 0) is 0 Å². The van der Waals surface area contributed by atoms with Crippen molar-refractivity contribution in [3.8, 4) is 0 Å². The van der Waals surface area contributed by atoms with Crippen molar-refractivity contribution < 1.29 is 9.90 Å². The SMILES string of the molecule is CN(CC(=O)O)C(=N)N.[MgH2]. The summed E-state index contributed by atoms with van der Waals surface area (Å²) in [6, 6.07) is 0. The normalized spacial score (nSPS) is 7.70. The van der Waals surface area contributed by atoms with E-state index >= 15 is 0 Å². The van der Waals surface area contributed by atoms with E-state index in [4.69, 9.17) is 16.2 Å². The fourth-order valence-corrected chi connectivity index (χ4v) is 0.288. The van der Waals surface area contributed by atoms with Gasteiger partial charge in [0.25, 0.3) is 0 Å². The van der Waals surface area contributed by atoms with Gasteiger partial charge >= 0.3 is 29.0 Å². The molecule has 0 bridgehead atoms. The Bertz CT molecular complexity index is 138. The zero-order chi connectivity index (χ0) is 7.44. The molecule has 0 heterocycles. The fraction of sp³-hybridized carbons (Fsp3) is 0.500. The third-order valence-electron chi connectivity index (χ3n) is 0.784. The van der Waals surface area contributed by atoms with Crippen molar-refractivity contribution in [1.29, 1.82) is 5.41 Å². The number of carboxylic acids is 1. The molecule has 0 spiro atoms. The van der Waals surface area contributed by atoms with Crippen LogP contribution in [0.1, 0.15) is 0 Å². The second kappa shape index (κ2) is 5.30. The molecule has 4 N–H and O–H groups in total. The summed E-state index contributed by atoms with van der Waals surface area (Å²) in [5, 5.41) is 14.9. The summed E-state index contributed by atoms with van der Waals surface area (Å²) in [5.74, 6) is -1.23. The van der Waals surface area contributed by atoms with E-state index in [1.165, 1.54) is 7.05 Å². The number of likely N-dealkylation sites (N-methyl/N-ethyl adjacent to an activating group) is 1. The van der Waals surface area contributed by atoms with Gasteiger partial charge in [0.05, 0.1) is 0 Å². The molecule has 0 saturated carbocycles. The molecule has 0 atom stereocenters. The zero-order valence-electron chi connectivity index (χ0n) is 5.09. The van der Waals surface area contributed by atoms with Crippen LogP contribution < -0.4 is 5.73 Å². The van der Waals surface area contributed by atoms with Crippen LogP contribution in [-0.4, -0.2) is 58.6 Å². The average molecular weight is 157 g/mol. The van der Waals surface area contributed by atoms with E-state index in [1.54, 1.807) is 0 Å². The topological polar surface area (TPSA) is 90.4 Å². The second-order valence-electron chi connectivity index (χ2n) is 1.64. The lowest BCUT2D eigenvalue weighted by atomic mass is 10.6. The number of hydrogen-bond donors (Lipinski definition) is 3. The number of aliphatic carboxylic acids is 1. The first-order valence-electron chi connectivity index (χ1n) is 2.31. The number of carbonyl (C=O) groups is 1.